The minimum absolute atomic E-state index is 0.0145. The van der Waals surface area contributed by atoms with Crippen molar-refractivity contribution in [2.45, 2.75) is 76.4 Å². The Morgan fingerprint density at radius 1 is 0.982 bits per heavy atom. The molecule has 1 unspecified atom stereocenters. The summed E-state index contributed by atoms with van der Waals surface area (Å²) >= 11 is 8.17. The average Bonchev–Trinajstić information content (AvgIpc) is 3.85. The summed E-state index contributed by atoms with van der Waals surface area (Å²) in [6.07, 6.45) is 1.41. The molecule has 1 saturated carbocycles. The molecule has 1 aromatic carbocycles. The number of nitrogens with zero attached hydrogens (tertiary/aromatic N) is 4. The molecule has 1 aliphatic carbocycles. The smallest absolute Gasteiger partial charge is 0.489 e. The van der Waals surface area contributed by atoms with Gasteiger partial charge in [0.1, 0.15) is 34.8 Å². The second-order valence-corrected chi connectivity index (χ2v) is 14.2. The molecule has 1 atom stereocenters. The second-order valence-electron chi connectivity index (χ2n) is 12.9. The molecule has 6 rings (SSSR count). The van der Waals surface area contributed by atoms with Crippen molar-refractivity contribution in [2.75, 3.05) is 30.3 Å². The number of carboxylic acids is 2. The molecule has 2 fully saturated rings. The van der Waals surface area contributed by atoms with Crippen LogP contribution in [0.1, 0.15) is 68.5 Å². The van der Waals surface area contributed by atoms with Crippen LogP contribution in [0.3, 0.4) is 0 Å². The Hall–Kier alpha value is -5.18. The van der Waals surface area contributed by atoms with Gasteiger partial charge in [-0.1, -0.05) is 24.4 Å². The van der Waals surface area contributed by atoms with Crippen LogP contribution in [-0.4, -0.2) is 91.9 Å². The zero-order valence-corrected chi connectivity index (χ0v) is 31.7. The third-order valence-electron chi connectivity index (χ3n) is 8.78. The summed E-state index contributed by atoms with van der Waals surface area (Å²) in [4.78, 5) is 58.9. The molecule has 2 aromatic heterocycles. The molecule has 0 radical (unpaired) electrons. The van der Waals surface area contributed by atoms with Gasteiger partial charge in [0.05, 0.1) is 16.6 Å². The molecule has 3 aromatic rings. The van der Waals surface area contributed by atoms with Gasteiger partial charge in [0.15, 0.2) is 0 Å². The number of ether oxygens (including phenoxy) is 1. The number of aromatic nitrogens is 3. The lowest BCUT2D eigenvalue weighted by atomic mass is 10.0. The summed E-state index contributed by atoms with van der Waals surface area (Å²) in [6, 6.07) is 5.36. The molecular formula is C35H38ClF6N7O7S. The Labute approximate surface area is 330 Å². The molecule has 57 heavy (non-hydrogen) atoms. The molecule has 14 nitrogen and oxygen atoms in total. The number of fused-ring (bicyclic) bond motifs is 1. The van der Waals surface area contributed by atoms with Gasteiger partial charge in [0, 0.05) is 61.2 Å². The fourth-order valence-corrected chi connectivity index (χ4v) is 6.80. The highest BCUT2D eigenvalue weighted by Gasteiger charge is 2.39. The van der Waals surface area contributed by atoms with E-state index in [-0.39, 0.29) is 24.0 Å². The van der Waals surface area contributed by atoms with E-state index in [1.54, 1.807) is 12.3 Å². The minimum atomic E-state index is -5.08. The fourth-order valence-electron chi connectivity index (χ4n) is 5.93. The molecule has 310 valence electrons. The van der Waals surface area contributed by atoms with Crippen LogP contribution in [0.4, 0.5) is 43.7 Å². The number of nitrogens with one attached hydrogen (secondary N) is 3. The first kappa shape index (κ1) is 44.5. The van der Waals surface area contributed by atoms with Crippen LogP contribution in [0.2, 0.25) is 5.02 Å². The topological polar surface area (TPSA) is 196 Å². The summed E-state index contributed by atoms with van der Waals surface area (Å²) in [5.74, 6) is -3.31. The maximum absolute atomic E-state index is 13.2. The number of thiazole rings is 1. The van der Waals surface area contributed by atoms with E-state index in [4.69, 9.17) is 36.1 Å². The van der Waals surface area contributed by atoms with Crippen LogP contribution in [0.25, 0.3) is 6.08 Å². The van der Waals surface area contributed by atoms with Gasteiger partial charge in [-0.3, -0.25) is 9.59 Å². The Morgan fingerprint density at radius 2 is 1.61 bits per heavy atom. The summed E-state index contributed by atoms with van der Waals surface area (Å²) in [7, 11) is 0. The SMILES string of the molecule is CC(NC(=O)C1=Cc2c(ncnc2Nc2ccc(OC3CCN(C(=O)C4CCCC4)CC3)c(Cl)c2)NCC1)c1nccs1.O=C(O)C(F)(F)F.O=C(O)C(F)(F)F. The summed E-state index contributed by atoms with van der Waals surface area (Å²) in [5, 5.41) is 27.2. The first-order valence-electron chi connectivity index (χ1n) is 17.4. The van der Waals surface area contributed by atoms with Crippen molar-refractivity contribution in [1.29, 1.82) is 0 Å². The first-order valence-corrected chi connectivity index (χ1v) is 18.7. The van der Waals surface area contributed by atoms with Gasteiger partial charge < -0.3 is 35.8 Å². The first-order chi connectivity index (χ1) is 26.8. The average molecular weight is 850 g/mol. The quantitative estimate of drug-likeness (QED) is 0.143. The van der Waals surface area contributed by atoms with Gasteiger partial charge in [-0.2, -0.15) is 26.3 Å². The standard InChI is InChI=1S/C31H36ClN7O3S.2C2HF3O2/c1-19(30-34-12-15-43-30)37-29(40)21-8-11-33-27-24(16-21)28(36-18-35-27)38-22-6-7-26(25(32)17-22)42-23-9-13-39(14-10-23)31(41)20-4-2-3-5-20;2*3-2(4,5)1(6)7/h6-7,12,15-20,23H,2-5,8-11,13-14H2,1H3,(H,37,40)(H2,33,35,36,38);2*(H,6,7). The predicted molar refractivity (Wildman–Crippen MR) is 196 cm³/mol. The van der Waals surface area contributed by atoms with Gasteiger partial charge in [0.2, 0.25) is 11.8 Å². The maximum Gasteiger partial charge on any atom is 0.490 e. The number of piperidine rings is 1. The zero-order valence-electron chi connectivity index (χ0n) is 30.1. The molecular weight excluding hydrogens is 812 g/mol. The predicted octanol–water partition coefficient (Wildman–Crippen LogP) is 7.23. The second kappa shape index (κ2) is 19.8. The van der Waals surface area contributed by atoms with E-state index >= 15 is 0 Å². The van der Waals surface area contributed by atoms with Crippen LogP contribution < -0.4 is 20.7 Å². The number of carbonyl (C=O) groups is 4. The van der Waals surface area contributed by atoms with Gasteiger partial charge in [-0.05, 0) is 50.5 Å². The summed E-state index contributed by atoms with van der Waals surface area (Å²) < 4.78 is 69.7. The normalized spacial score (nSPS) is 16.5. The number of anilines is 3. The van der Waals surface area contributed by atoms with Crippen LogP contribution in [0.15, 0.2) is 41.7 Å². The van der Waals surface area contributed by atoms with E-state index in [1.165, 1.54) is 30.5 Å². The maximum atomic E-state index is 13.2. The highest BCUT2D eigenvalue weighted by Crippen LogP contribution is 2.34. The number of aliphatic carboxylic acids is 2. The Morgan fingerprint density at radius 3 is 2.18 bits per heavy atom. The van der Waals surface area contributed by atoms with Crippen molar-refractivity contribution in [3.8, 4) is 5.75 Å². The Bertz CT molecular complexity index is 1880. The largest absolute Gasteiger partial charge is 0.490 e. The fraction of sp³-hybridized carbons (Fsp3) is 0.457. The number of amides is 2. The van der Waals surface area contributed by atoms with E-state index in [2.05, 4.69) is 30.9 Å². The van der Waals surface area contributed by atoms with Crippen LogP contribution in [0, 0.1) is 5.92 Å². The van der Waals surface area contributed by atoms with Crippen LogP contribution >= 0.6 is 22.9 Å². The van der Waals surface area contributed by atoms with Gasteiger partial charge in [0.25, 0.3) is 0 Å². The van der Waals surface area contributed by atoms with Crippen molar-refractivity contribution in [3.05, 3.63) is 57.3 Å². The molecule has 0 bridgehead atoms. The van der Waals surface area contributed by atoms with Gasteiger partial charge >= 0.3 is 24.3 Å². The van der Waals surface area contributed by atoms with Gasteiger partial charge in [-0.15, -0.1) is 11.3 Å². The number of likely N-dealkylation sites (tertiary alicyclic amines) is 1. The number of benzene rings is 1. The number of rotatable bonds is 8. The number of hydrogen-bond donors (Lipinski definition) is 5. The number of carbonyl (C=O) groups excluding carboxylic acids is 2. The van der Waals surface area contributed by atoms with Crippen LogP contribution in [-0.2, 0) is 19.2 Å². The Kier molecular flexibility index (Phi) is 15.5. The number of carboxylic acid groups (broad SMARTS) is 2. The number of hydrogen-bond acceptors (Lipinski definition) is 11. The lowest BCUT2D eigenvalue weighted by molar-refractivity contribution is -0.193. The van der Waals surface area contributed by atoms with E-state index in [1.807, 2.05) is 35.4 Å². The monoisotopic (exact) mass is 849 g/mol. The minimum Gasteiger partial charge on any atom is -0.489 e. The number of halogens is 7. The molecule has 2 aliphatic heterocycles. The van der Waals surface area contributed by atoms with Crippen molar-refractivity contribution in [3.63, 3.8) is 0 Å². The van der Waals surface area contributed by atoms with E-state index in [0.29, 0.717) is 52.4 Å². The van der Waals surface area contributed by atoms with E-state index in [9.17, 15) is 35.9 Å². The molecule has 3 aliphatic rings. The highest BCUT2D eigenvalue weighted by atomic mass is 35.5. The third-order valence-corrected chi connectivity index (χ3v) is 10.0. The summed E-state index contributed by atoms with van der Waals surface area (Å²) in [6.45, 7) is 3.94. The van der Waals surface area contributed by atoms with E-state index in [0.717, 1.165) is 49.5 Å². The highest BCUT2D eigenvalue weighted by molar-refractivity contribution is 7.09. The van der Waals surface area contributed by atoms with Crippen molar-refractivity contribution in [1.82, 2.24) is 25.2 Å². The third kappa shape index (κ3) is 13.2. The molecule has 0 spiro atoms. The molecule has 4 heterocycles. The lowest BCUT2D eigenvalue weighted by Crippen LogP contribution is -2.44. The zero-order chi connectivity index (χ0) is 41.9. The molecule has 1 saturated heterocycles. The van der Waals surface area contributed by atoms with Crippen molar-refractivity contribution < 1.29 is 60.5 Å². The van der Waals surface area contributed by atoms with Gasteiger partial charge in [-0.25, -0.2) is 24.5 Å². The summed E-state index contributed by atoms with van der Waals surface area (Å²) in [5.41, 5.74) is 2.06. The van der Waals surface area contributed by atoms with Crippen molar-refractivity contribution in [2.24, 2.45) is 5.92 Å². The molecule has 5 N–H and O–H groups in total. The van der Waals surface area contributed by atoms with Crippen LogP contribution in [0.5, 0.6) is 5.75 Å². The Balaban J connectivity index is 0.000000440. The van der Waals surface area contributed by atoms with E-state index < -0.39 is 24.3 Å². The molecule has 22 heteroatoms. The lowest BCUT2D eigenvalue weighted by Gasteiger charge is -2.33. The van der Waals surface area contributed by atoms with Crippen molar-refractivity contribution >= 4 is 70.1 Å². The molecule has 2 amide bonds. The number of alkyl halides is 6.